The third-order valence-corrected chi connectivity index (χ3v) is 3.64. The Kier molecular flexibility index (Phi) is 7.75. The summed E-state index contributed by atoms with van der Waals surface area (Å²) in [7, 11) is 0. The van der Waals surface area contributed by atoms with Gasteiger partial charge in [-0.2, -0.15) is 0 Å². The number of ether oxygens (including phenoxy) is 1. The smallest absolute Gasteiger partial charge is 0.320 e. The van der Waals surface area contributed by atoms with Crippen molar-refractivity contribution in [2.24, 2.45) is 5.92 Å². The van der Waals surface area contributed by atoms with Crippen LogP contribution in [0.3, 0.4) is 0 Å². The number of carboxylic acids is 1. The van der Waals surface area contributed by atoms with Crippen LogP contribution in [-0.4, -0.2) is 23.7 Å². The molecule has 0 radical (unpaired) electrons. The molecule has 1 aromatic rings. The molecule has 0 spiro atoms. The molecule has 1 aromatic carbocycles. The fourth-order valence-electron chi connectivity index (χ4n) is 1.97. The Bertz CT molecular complexity index is 463. The summed E-state index contributed by atoms with van der Waals surface area (Å²) in [5.41, 5.74) is 1.03. The van der Waals surface area contributed by atoms with Gasteiger partial charge >= 0.3 is 5.97 Å². The molecule has 0 saturated carbocycles. The number of carbonyl (C=O) groups is 1. The van der Waals surface area contributed by atoms with E-state index in [9.17, 15) is 9.90 Å². The number of hydrogen-bond donors (Lipinski definition) is 2. The maximum atomic E-state index is 11.2. The van der Waals surface area contributed by atoms with E-state index in [-0.39, 0.29) is 0 Å². The van der Waals surface area contributed by atoms with E-state index in [1.54, 1.807) is 0 Å². The van der Waals surface area contributed by atoms with Gasteiger partial charge in [-0.3, -0.25) is 4.79 Å². The number of nitrogens with one attached hydrogen (secondary N) is 1. The van der Waals surface area contributed by atoms with Crippen molar-refractivity contribution in [1.82, 2.24) is 5.32 Å². The summed E-state index contributed by atoms with van der Waals surface area (Å²) in [5.74, 6) is 0.360. The van der Waals surface area contributed by atoms with Crippen LogP contribution in [0.1, 0.15) is 39.2 Å². The van der Waals surface area contributed by atoms with Gasteiger partial charge in [0.15, 0.2) is 0 Å². The normalized spacial score (nSPS) is 12.4. The summed E-state index contributed by atoms with van der Waals surface area (Å²) < 4.78 is 6.49. The first-order chi connectivity index (χ1) is 9.93. The fourth-order valence-corrected chi connectivity index (χ4v) is 2.51. The van der Waals surface area contributed by atoms with E-state index in [4.69, 9.17) is 4.74 Å². The molecular weight excluding hydrogens is 334 g/mol. The van der Waals surface area contributed by atoms with Gasteiger partial charge in [0.2, 0.25) is 0 Å². The van der Waals surface area contributed by atoms with Crippen molar-refractivity contribution >= 4 is 21.9 Å². The first-order valence-electron chi connectivity index (χ1n) is 7.31. The van der Waals surface area contributed by atoms with Crippen molar-refractivity contribution < 1.29 is 14.6 Å². The molecule has 0 aliphatic carbocycles. The lowest BCUT2D eigenvalue weighted by Gasteiger charge is -2.17. The molecule has 1 rings (SSSR count). The van der Waals surface area contributed by atoms with Gasteiger partial charge in [-0.15, -0.1) is 0 Å². The van der Waals surface area contributed by atoms with E-state index in [1.165, 1.54) is 0 Å². The summed E-state index contributed by atoms with van der Waals surface area (Å²) in [4.78, 5) is 11.2. The minimum absolute atomic E-state index is 0.343. The molecule has 0 heterocycles. The van der Waals surface area contributed by atoms with Crippen molar-refractivity contribution in [2.75, 3.05) is 6.61 Å². The van der Waals surface area contributed by atoms with E-state index < -0.39 is 12.0 Å². The molecule has 0 amide bonds. The van der Waals surface area contributed by atoms with Crippen LogP contribution in [-0.2, 0) is 11.3 Å². The molecule has 0 aliphatic rings. The number of halogens is 1. The quantitative estimate of drug-likeness (QED) is 0.705. The van der Waals surface area contributed by atoms with Crippen LogP contribution in [0.25, 0.3) is 0 Å². The second kappa shape index (κ2) is 9.05. The zero-order valence-electron chi connectivity index (χ0n) is 12.9. The highest BCUT2D eigenvalue weighted by Crippen LogP contribution is 2.26. The number of benzene rings is 1. The van der Waals surface area contributed by atoms with Gasteiger partial charge in [0.25, 0.3) is 0 Å². The van der Waals surface area contributed by atoms with E-state index in [1.807, 2.05) is 32.0 Å². The van der Waals surface area contributed by atoms with Gasteiger partial charge in [0, 0.05) is 6.54 Å². The molecule has 1 unspecified atom stereocenters. The highest BCUT2D eigenvalue weighted by atomic mass is 79.9. The lowest BCUT2D eigenvalue weighted by atomic mass is 10.0. The van der Waals surface area contributed by atoms with Crippen molar-refractivity contribution in [3.05, 3.63) is 28.2 Å². The molecule has 5 heteroatoms. The van der Waals surface area contributed by atoms with Crippen LogP contribution in [0.2, 0.25) is 0 Å². The van der Waals surface area contributed by atoms with Gasteiger partial charge in [-0.05, 0) is 52.4 Å². The Hall–Kier alpha value is -1.07. The van der Waals surface area contributed by atoms with E-state index >= 15 is 0 Å². The SMILES string of the molecule is CCCOc1ccc(CNC(CC(C)C)C(=O)O)cc1Br. The van der Waals surface area contributed by atoms with Gasteiger partial charge in [-0.1, -0.05) is 26.8 Å². The molecule has 0 saturated heterocycles. The molecular formula is C16H24BrNO3. The largest absolute Gasteiger partial charge is 0.492 e. The predicted molar refractivity (Wildman–Crippen MR) is 87.6 cm³/mol. The molecule has 21 heavy (non-hydrogen) atoms. The third-order valence-electron chi connectivity index (χ3n) is 3.02. The molecule has 0 bridgehead atoms. The van der Waals surface area contributed by atoms with Crippen molar-refractivity contribution in [3.8, 4) is 5.75 Å². The predicted octanol–water partition coefficient (Wildman–Crippen LogP) is 3.83. The van der Waals surface area contributed by atoms with Crippen molar-refractivity contribution in [3.63, 3.8) is 0 Å². The summed E-state index contributed by atoms with van der Waals surface area (Å²) in [5, 5.41) is 12.3. The highest BCUT2D eigenvalue weighted by Gasteiger charge is 2.18. The van der Waals surface area contributed by atoms with Gasteiger partial charge in [0.05, 0.1) is 11.1 Å². The van der Waals surface area contributed by atoms with Gasteiger partial charge in [0.1, 0.15) is 11.8 Å². The lowest BCUT2D eigenvalue weighted by Crippen LogP contribution is -2.37. The Morgan fingerprint density at radius 2 is 2.14 bits per heavy atom. The minimum atomic E-state index is -0.800. The van der Waals surface area contributed by atoms with Crippen LogP contribution >= 0.6 is 15.9 Å². The zero-order valence-corrected chi connectivity index (χ0v) is 14.4. The average Bonchev–Trinajstić information content (AvgIpc) is 2.41. The molecule has 4 nitrogen and oxygen atoms in total. The van der Waals surface area contributed by atoms with E-state index in [2.05, 4.69) is 28.2 Å². The average molecular weight is 358 g/mol. The van der Waals surface area contributed by atoms with Crippen LogP contribution in [0.5, 0.6) is 5.75 Å². The summed E-state index contributed by atoms with van der Waals surface area (Å²) in [6, 6.07) is 5.32. The second-order valence-corrected chi connectivity index (χ2v) is 6.37. The van der Waals surface area contributed by atoms with Crippen LogP contribution in [0.15, 0.2) is 22.7 Å². The zero-order chi connectivity index (χ0) is 15.8. The lowest BCUT2D eigenvalue weighted by molar-refractivity contribution is -0.140. The Morgan fingerprint density at radius 3 is 2.67 bits per heavy atom. The maximum absolute atomic E-state index is 11.2. The van der Waals surface area contributed by atoms with Crippen LogP contribution in [0.4, 0.5) is 0 Å². The minimum Gasteiger partial charge on any atom is -0.492 e. The summed E-state index contributed by atoms with van der Waals surface area (Å²) >= 11 is 3.48. The van der Waals surface area contributed by atoms with E-state index in [0.717, 1.165) is 22.2 Å². The summed E-state index contributed by atoms with van der Waals surface area (Å²) in [6.07, 6.45) is 1.58. The summed E-state index contributed by atoms with van der Waals surface area (Å²) in [6.45, 7) is 7.32. The Balaban J connectivity index is 2.62. The number of aliphatic carboxylic acids is 1. The first kappa shape index (κ1) is 18.0. The Labute approximate surface area is 135 Å². The molecule has 0 aromatic heterocycles. The number of rotatable bonds is 9. The van der Waals surface area contributed by atoms with E-state index in [0.29, 0.717) is 25.5 Å². The number of carboxylic acid groups (broad SMARTS) is 1. The van der Waals surface area contributed by atoms with Crippen LogP contribution in [0, 0.1) is 5.92 Å². The van der Waals surface area contributed by atoms with Gasteiger partial charge < -0.3 is 15.2 Å². The molecule has 1 atom stereocenters. The van der Waals surface area contributed by atoms with Gasteiger partial charge in [-0.25, -0.2) is 0 Å². The van der Waals surface area contributed by atoms with Crippen molar-refractivity contribution in [1.29, 1.82) is 0 Å². The standard InChI is InChI=1S/C16H24BrNO3/c1-4-7-21-15-6-5-12(9-13(15)17)10-18-14(16(19)20)8-11(2)3/h5-6,9,11,14,18H,4,7-8,10H2,1-3H3,(H,19,20). The Morgan fingerprint density at radius 1 is 1.43 bits per heavy atom. The molecule has 2 N–H and O–H groups in total. The van der Waals surface area contributed by atoms with Crippen molar-refractivity contribution in [2.45, 2.75) is 46.2 Å². The highest BCUT2D eigenvalue weighted by molar-refractivity contribution is 9.10. The topological polar surface area (TPSA) is 58.6 Å². The fraction of sp³-hybridized carbons (Fsp3) is 0.562. The van der Waals surface area contributed by atoms with Crippen LogP contribution < -0.4 is 10.1 Å². The monoisotopic (exact) mass is 357 g/mol. The second-order valence-electron chi connectivity index (χ2n) is 5.51. The molecule has 0 fully saturated rings. The maximum Gasteiger partial charge on any atom is 0.320 e. The third kappa shape index (κ3) is 6.48. The number of hydrogen-bond acceptors (Lipinski definition) is 3. The molecule has 118 valence electrons. The first-order valence-corrected chi connectivity index (χ1v) is 8.10. The molecule has 0 aliphatic heterocycles.